The lowest BCUT2D eigenvalue weighted by molar-refractivity contribution is -0.634. The van der Waals surface area contributed by atoms with E-state index in [1.165, 1.54) is 33.5 Å². The number of benzene rings is 2. The van der Waals surface area contributed by atoms with Crippen molar-refractivity contribution < 1.29 is 4.57 Å². The molecule has 2 nitrogen and oxygen atoms in total. The number of imidazole rings is 1. The van der Waals surface area contributed by atoms with Gasteiger partial charge in [-0.3, -0.25) is 0 Å². The molecule has 24 heavy (non-hydrogen) atoms. The van der Waals surface area contributed by atoms with E-state index in [2.05, 4.69) is 100 Å². The van der Waals surface area contributed by atoms with E-state index in [0.29, 0.717) is 5.92 Å². The van der Waals surface area contributed by atoms with Gasteiger partial charge in [0.05, 0.1) is 12.6 Å². The molecule has 1 aromatic heterocycles. The summed E-state index contributed by atoms with van der Waals surface area (Å²) in [7, 11) is 2.18. The Kier molecular flexibility index (Phi) is 4.03. The van der Waals surface area contributed by atoms with Gasteiger partial charge < -0.3 is 0 Å². The zero-order chi connectivity index (χ0) is 17.6. The largest absolute Gasteiger partial charge is 0.290 e. The Hall–Kier alpha value is -2.09. The van der Waals surface area contributed by atoms with Crippen LogP contribution in [0.4, 0.5) is 0 Å². The monoisotopic (exact) mass is 321 g/mol. The molecule has 3 aromatic rings. The fraction of sp³-hybridized carbons (Fsp3) is 0.409. The number of para-hydroxylation sites is 2. The van der Waals surface area contributed by atoms with Crippen LogP contribution in [0.15, 0.2) is 42.5 Å². The maximum atomic E-state index is 2.47. The lowest BCUT2D eigenvalue weighted by Gasteiger charge is -2.19. The fourth-order valence-corrected chi connectivity index (χ4v) is 3.59. The van der Waals surface area contributed by atoms with E-state index >= 15 is 0 Å². The molecule has 0 atom stereocenters. The molecule has 2 aromatic carbocycles. The van der Waals surface area contributed by atoms with Gasteiger partial charge in [0, 0.05) is 0 Å². The standard InChI is InChI=1S/C22H29N2/c1-15(2)17-12-13-18(16(3)14-17)21-23(7)19-10-8-9-11-20(19)24(21)22(4,5)6/h8-15H,1-7H3/q+1. The summed E-state index contributed by atoms with van der Waals surface area (Å²) in [5, 5.41) is 0. The van der Waals surface area contributed by atoms with Gasteiger partial charge in [-0.2, -0.15) is 0 Å². The maximum absolute atomic E-state index is 2.47. The summed E-state index contributed by atoms with van der Waals surface area (Å²) in [5.74, 6) is 1.83. The van der Waals surface area contributed by atoms with E-state index in [1.807, 2.05) is 0 Å². The first-order chi connectivity index (χ1) is 11.2. The molecule has 126 valence electrons. The van der Waals surface area contributed by atoms with E-state index < -0.39 is 0 Å². The summed E-state index contributed by atoms with van der Waals surface area (Å²) in [6.07, 6.45) is 0. The van der Waals surface area contributed by atoms with E-state index in [-0.39, 0.29) is 5.54 Å². The number of hydrogen-bond donors (Lipinski definition) is 0. The molecule has 0 saturated carbocycles. The maximum Gasteiger partial charge on any atom is 0.290 e. The zero-order valence-corrected chi connectivity index (χ0v) is 16.0. The van der Waals surface area contributed by atoms with Gasteiger partial charge in [-0.05, 0) is 62.9 Å². The van der Waals surface area contributed by atoms with E-state index in [9.17, 15) is 0 Å². The average Bonchev–Trinajstić information content (AvgIpc) is 2.80. The van der Waals surface area contributed by atoms with Crippen molar-refractivity contribution in [3.05, 3.63) is 53.6 Å². The molecule has 0 amide bonds. The van der Waals surface area contributed by atoms with Gasteiger partial charge in [0.2, 0.25) is 0 Å². The third-order valence-corrected chi connectivity index (χ3v) is 4.84. The van der Waals surface area contributed by atoms with Crippen LogP contribution in [-0.2, 0) is 12.6 Å². The molecule has 0 aliphatic carbocycles. The summed E-state index contributed by atoms with van der Waals surface area (Å²) >= 11 is 0. The van der Waals surface area contributed by atoms with Gasteiger partial charge in [-0.15, -0.1) is 0 Å². The van der Waals surface area contributed by atoms with Crippen LogP contribution in [0, 0.1) is 6.92 Å². The Morgan fingerprint density at radius 3 is 2.25 bits per heavy atom. The second-order valence-electron chi connectivity index (χ2n) is 8.11. The minimum atomic E-state index is 0.0133. The van der Waals surface area contributed by atoms with Gasteiger partial charge in [0.15, 0.2) is 11.0 Å². The SMILES string of the molecule is Cc1cc(C(C)C)ccc1-c1n(C(C)(C)C)c2ccccc2[n+]1C. The second kappa shape index (κ2) is 5.77. The van der Waals surface area contributed by atoms with Crippen LogP contribution < -0.4 is 4.57 Å². The predicted octanol–water partition coefficient (Wildman–Crippen LogP) is 5.32. The average molecular weight is 321 g/mol. The van der Waals surface area contributed by atoms with Crippen LogP contribution in [0.3, 0.4) is 0 Å². The molecule has 0 fully saturated rings. The Bertz CT molecular complexity index is 892. The summed E-state index contributed by atoms with van der Waals surface area (Å²) in [6.45, 7) is 13.6. The molecule has 0 aliphatic rings. The van der Waals surface area contributed by atoms with Crippen LogP contribution in [-0.4, -0.2) is 4.57 Å². The van der Waals surface area contributed by atoms with Crippen molar-refractivity contribution >= 4 is 11.0 Å². The van der Waals surface area contributed by atoms with Crippen LogP contribution in [0.1, 0.15) is 51.7 Å². The highest BCUT2D eigenvalue weighted by Crippen LogP contribution is 2.32. The van der Waals surface area contributed by atoms with Gasteiger partial charge in [-0.25, -0.2) is 9.13 Å². The van der Waals surface area contributed by atoms with E-state index in [0.717, 1.165) is 0 Å². The van der Waals surface area contributed by atoms with Crippen LogP contribution in [0.25, 0.3) is 22.4 Å². The van der Waals surface area contributed by atoms with Crippen LogP contribution in [0.5, 0.6) is 0 Å². The number of hydrogen-bond acceptors (Lipinski definition) is 0. The first-order valence-corrected chi connectivity index (χ1v) is 8.82. The van der Waals surface area contributed by atoms with Crippen molar-refractivity contribution in [3.63, 3.8) is 0 Å². The highest BCUT2D eigenvalue weighted by molar-refractivity contribution is 5.77. The van der Waals surface area contributed by atoms with Crippen LogP contribution >= 0.6 is 0 Å². The van der Waals surface area contributed by atoms with Crippen molar-refractivity contribution in [2.45, 2.75) is 53.0 Å². The van der Waals surface area contributed by atoms with Gasteiger partial charge >= 0.3 is 0 Å². The summed E-state index contributed by atoms with van der Waals surface area (Å²) in [4.78, 5) is 0. The summed E-state index contributed by atoms with van der Waals surface area (Å²) < 4.78 is 4.80. The van der Waals surface area contributed by atoms with Gasteiger partial charge in [0.1, 0.15) is 5.54 Å². The van der Waals surface area contributed by atoms with Crippen molar-refractivity contribution in [1.82, 2.24) is 4.57 Å². The Morgan fingerprint density at radius 2 is 1.67 bits per heavy atom. The molecule has 2 heteroatoms. The first kappa shape index (κ1) is 16.8. The number of aromatic nitrogens is 2. The normalized spacial score (nSPS) is 12.3. The molecule has 0 aliphatic heterocycles. The molecule has 3 rings (SSSR count). The number of rotatable bonds is 2. The molecule has 0 spiro atoms. The minimum absolute atomic E-state index is 0.0133. The topological polar surface area (TPSA) is 8.81 Å². The lowest BCUT2D eigenvalue weighted by atomic mass is 9.97. The lowest BCUT2D eigenvalue weighted by Crippen LogP contribution is -2.33. The first-order valence-electron chi connectivity index (χ1n) is 8.82. The Labute approximate surface area is 145 Å². The smallest absolute Gasteiger partial charge is 0.226 e. The molecule has 0 N–H and O–H groups in total. The van der Waals surface area contributed by atoms with Gasteiger partial charge in [0.25, 0.3) is 5.82 Å². The third-order valence-electron chi connectivity index (χ3n) is 4.84. The molecule has 0 radical (unpaired) electrons. The third kappa shape index (κ3) is 2.64. The molecule has 0 bridgehead atoms. The summed E-state index contributed by atoms with van der Waals surface area (Å²) in [6, 6.07) is 15.6. The zero-order valence-electron chi connectivity index (χ0n) is 16.0. The second-order valence-corrected chi connectivity index (χ2v) is 8.11. The van der Waals surface area contributed by atoms with Crippen LogP contribution in [0.2, 0.25) is 0 Å². The number of fused-ring (bicyclic) bond motifs is 1. The quantitative estimate of drug-likeness (QED) is 0.565. The highest BCUT2D eigenvalue weighted by atomic mass is 15.2. The number of nitrogens with zero attached hydrogens (tertiary/aromatic N) is 2. The molecule has 0 saturated heterocycles. The summed E-state index contributed by atoms with van der Waals surface area (Å²) in [5.41, 5.74) is 6.62. The molecular formula is C22H29N2+. The predicted molar refractivity (Wildman–Crippen MR) is 102 cm³/mol. The molecular weight excluding hydrogens is 292 g/mol. The molecule has 1 heterocycles. The van der Waals surface area contributed by atoms with Gasteiger partial charge in [-0.1, -0.05) is 38.1 Å². The van der Waals surface area contributed by atoms with Crippen molar-refractivity contribution in [2.75, 3.05) is 0 Å². The van der Waals surface area contributed by atoms with Crippen molar-refractivity contribution in [1.29, 1.82) is 0 Å². The van der Waals surface area contributed by atoms with E-state index in [1.54, 1.807) is 0 Å². The Morgan fingerprint density at radius 1 is 1.00 bits per heavy atom. The highest BCUT2D eigenvalue weighted by Gasteiger charge is 2.32. The minimum Gasteiger partial charge on any atom is -0.226 e. The van der Waals surface area contributed by atoms with E-state index in [4.69, 9.17) is 0 Å². The fourth-order valence-electron chi connectivity index (χ4n) is 3.59. The van der Waals surface area contributed by atoms with Crippen molar-refractivity contribution in [2.24, 2.45) is 7.05 Å². The molecule has 0 unspecified atom stereocenters. The number of aryl methyl sites for hydroxylation is 2. The Balaban J connectivity index is 2.36. The van der Waals surface area contributed by atoms with Crippen molar-refractivity contribution in [3.8, 4) is 11.4 Å².